The maximum Gasteiger partial charge on any atom is 0.225 e. The number of hydrogen-bond acceptors (Lipinski definition) is 3. The third-order valence-electron chi connectivity index (χ3n) is 6.30. The van der Waals surface area contributed by atoms with E-state index in [2.05, 4.69) is 43.1 Å². The van der Waals surface area contributed by atoms with Crippen LogP contribution in [0.1, 0.15) is 64.9 Å². The molecule has 30 heavy (non-hydrogen) atoms. The van der Waals surface area contributed by atoms with Gasteiger partial charge in [-0.3, -0.25) is 9.59 Å². The SMILES string of the molecule is CCN(CC)CCCC(C)NC(=O)CCN(CCc1ccccc1)C(=O)C1CCC1. The molecule has 2 rings (SSSR count). The molecule has 1 fully saturated rings. The predicted octanol–water partition coefficient (Wildman–Crippen LogP) is 3.87. The van der Waals surface area contributed by atoms with Gasteiger partial charge < -0.3 is 15.1 Å². The summed E-state index contributed by atoms with van der Waals surface area (Å²) in [5.74, 6) is 0.455. The molecule has 1 aromatic carbocycles. The van der Waals surface area contributed by atoms with Crippen LogP contribution >= 0.6 is 0 Å². The molecule has 1 N–H and O–H groups in total. The summed E-state index contributed by atoms with van der Waals surface area (Å²) < 4.78 is 0. The van der Waals surface area contributed by atoms with Crippen LogP contribution in [0.5, 0.6) is 0 Å². The number of nitrogens with one attached hydrogen (secondary N) is 1. The van der Waals surface area contributed by atoms with Crippen LogP contribution in [0.25, 0.3) is 0 Å². The van der Waals surface area contributed by atoms with E-state index in [9.17, 15) is 9.59 Å². The molecule has 1 aliphatic rings. The summed E-state index contributed by atoms with van der Waals surface area (Å²) in [5.41, 5.74) is 1.23. The Morgan fingerprint density at radius 3 is 2.37 bits per heavy atom. The molecular weight excluding hydrogens is 374 g/mol. The van der Waals surface area contributed by atoms with E-state index in [0.717, 1.165) is 58.2 Å². The maximum absolute atomic E-state index is 12.8. The zero-order valence-electron chi connectivity index (χ0n) is 19.2. The van der Waals surface area contributed by atoms with Gasteiger partial charge in [-0.2, -0.15) is 0 Å². The van der Waals surface area contributed by atoms with Gasteiger partial charge in [0.15, 0.2) is 0 Å². The number of benzene rings is 1. The van der Waals surface area contributed by atoms with E-state index in [4.69, 9.17) is 0 Å². The number of nitrogens with zero attached hydrogens (tertiary/aromatic N) is 2. The van der Waals surface area contributed by atoms with E-state index in [1.807, 2.05) is 23.1 Å². The van der Waals surface area contributed by atoms with E-state index in [0.29, 0.717) is 19.5 Å². The second kappa shape index (κ2) is 13.4. The van der Waals surface area contributed by atoms with Gasteiger partial charge >= 0.3 is 0 Å². The highest BCUT2D eigenvalue weighted by Gasteiger charge is 2.29. The smallest absolute Gasteiger partial charge is 0.225 e. The van der Waals surface area contributed by atoms with Crippen molar-refractivity contribution in [2.75, 3.05) is 32.7 Å². The minimum Gasteiger partial charge on any atom is -0.354 e. The lowest BCUT2D eigenvalue weighted by atomic mass is 9.84. The third kappa shape index (κ3) is 8.47. The van der Waals surface area contributed by atoms with E-state index < -0.39 is 0 Å². The molecule has 0 spiro atoms. The molecule has 2 amide bonds. The Bertz CT molecular complexity index is 627. The van der Waals surface area contributed by atoms with Crippen molar-refractivity contribution in [3.63, 3.8) is 0 Å². The Kier molecular flexibility index (Phi) is 10.9. The van der Waals surface area contributed by atoms with Crippen LogP contribution in [0.2, 0.25) is 0 Å². The largest absolute Gasteiger partial charge is 0.354 e. The van der Waals surface area contributed by atoms with Crippen molar-refractivity contribution in [2.24, 2.45) is 5.92 Å². The first-order chi connectivity index (χ1) is 14.5. The fraction of sp³-hybridized carbons (Fsp3) is 0.680. The predicted molar refractivity (Wildman–Crippen MR) is 123 cm³/mol. The molecule has 1 aromatic rings. The lowest BCUT2D eigenvalue weighted by molar-refractivity contribution is -0.138. The van der Waals surface area contributed by atoms with Crippen LogP contribution < -0.4 is 5.32 Å². The molecule has 0 saturated heterocycles. The van der Waals surface area contributed by atoms with Crippen LogP contribution in [0.4, 0.5) is 0 Å². The summed E-state index contributed by atoms with van der Waals surface area (Å²) >= 11 is 0. The van der Waals surface area contributed by atoms with Crippen molar-refractivity contribution in [3.8, 4) is 0 Å². The maximum atomic E-state index is 12.8. The molecule has 5 heteroatoms. The molecule has 0 aromatic heterocycles. The first-order valence-electron chi connectivity index (χ1n) is 11.9. The Hall–Kier alpha value is -1.88. The van der Waals surface area contributed by atoms with Gasteiger partial charge in [0.25, 0.3) is 0 Å². The van der Waals surface area contributed by atoms with Crippen molar-refractivity contribution in [2.45, 2.75) is 71.8 Å². The van der Waals surface area contributed by atoms with Crippen molar-refractivity contribution < 1.29 is 9.59 Å². The minimum absolute atomic E-state index is 0.0523. The van der Waals surface area contributed by atoms with Crippen LogP contribution in [0.3, 0.4) is 0 Å². The molecule has 1 aliphatic carbocycles. The van der Waals surface area contributed by atoms with Crippen molar-refractivity contribution in [3.05, 3.63) is 35.9 Å². The van der Waals surface area contributed by atoms with E-state index in [1.54, 1.807) is 0 Å². The quantitative estimate of drug-likeness (QED) is 0.502. The lowest BCUT2D eigenvalue weighted by Crippen LogP contribution is -2.42. The molecule has 1 atom stereocenters. The van der Waals surface area contributed by atoms with Crippen LogP contribution in [0, 0.1) is 5.92 Å². The van der Waals surface area contributed by atoms with Crippen molar-refractivity contribution >= 4 is 11.8 Å². The number of amides is 2. The van der Waals surface area contributed by atoms with Gasteiger partial charge in [0.2, 0.25) is 11.8 Å². The van der Waals surface area contributed by atoms with Gasteiger partial charge in [-0.15, -0.1) is 0 Å². The fourth-order valence-electron chi connectivity index (χ4n) is 3.97. The minimum atomic E-state index is 0.0523. The number of carbonyl (C=O) groups excluding carboxylic acids is 2. The third-order valence-corrected chi connectivity index (χ3v) is 6.30. The van der Waals surface area contributed by atoms with Gasteiger partial charge in [-0.25, -0.2) is 0 Å². The zero-order valence-corrected chi connectivity index (χ0v) is 19.2. The van der Waals surface area contributed by atoms with Crippen LogP contribution in [-0.2, 0) is 16.0 Å². The van der Waals surface area contributed by atoms with Gasteiger partial charge in [0.05, 0.1) is 0 Å². The fourth-order valence-corrected chi connectivity index (χ4v) is 3.97. The van der Waals surface area contributed by atoms with E-state index in [1.165, 1.54) is 5.56 Å². The summed E-state index contributed by atoms with van der Waals surface area (Å²) in [6.07, 6.45) is 6.44. The number of hydrogen-bond donors (Lipinski definition) is 1. The van der Waals surface area contributed by atoms with Gasteiger partial charge in [-0.05, 0) is 64.2 Å². The van der Waals surface area contributed by atoms with Crippen molar-refractivity contribution in [1.82, 2.24) is 15.1 Å². The normalized spacial score (nSPS) is 14.9. The summed E-state index contributed by atoms with van der Waals surface area (Å²) in [6.45, 7) is 10.9. The first kappa shape index (κ1) is 24.4. The highest BCUT2D eigenvalue weighted by Crippen LogP contribution is 2.28. The second-order valence-corrected chi connectivity index (χ2v) is 8.58. The summed E-state index contributed by atoms with van der Waals surface area (Å²) in [4.78, 5) is 29.6. The highest BCUT2D eigenvalue weighted by molar-refractivity contribution is 5.81. The first-order valence-corrected chi connectivity index (χ1v) is 11.9. The van der Waals surface area contributed by atoms with E-state index >= 15 is 0 Å². The molecule has 1 saturated carbocycles. The number of carbonyl (C=O) groups is 2. The molecule has 5 nitrogen and oxygen atoms in total. The molecule has 0 radical (unpaired) electrons. The second-order valence-electron chi connectivity index (χ2n) is 8.58. The molecule has 1 unspecified atom stereocenters. The molecule has 0 bridgehead atoms. The molecule has 0 heterocycles. The average Bonchev–Trinajstić information content (AvgIpc) is 2.70. The van der Waals surface area contributed by atoms with Crippen LogP contribution in [-0.4, -0.2) is 60.4 Å². The Morgan fingerprint density at radius 2 is 1.77 bits per heavy atom. The van der Waals surface area contributed by atoms with Crippen molar-refractivity contribution in [1.29, 1.82) is 0 Å². The molecule has 0 aliphatic heterocycles. The Labute approximate surface area is 183 Å². The average molecular weight is 416 g/mol. The Morgan fingerprint density at radius 1 is 1.07 bits per heavy atom. The monoisotopic (exact) mass is 415 g/mol. The standard InChI is InChI=1S/C25H41N3O2/c1-4-27(5-2)18-10-11-21(3)26-24(29)17-20-28(25(30)23-14-9-15-23)19-16-22-12-7-6-8-13-22/h6-8,12-13,21,23H,4-5,9-11,14-20H2,1-3H3,(H,26,29). The highest BCUT2D eigenvalue weighted by atomic mass is 16.2. The van der Waals surface area contributed by atoms with Gasteiger partial charge in [0, 0.05) is 31.5 Å². The molecular formula is C25H41N3O2. The summed E-state index contributed by atoms with van der Waals surface area (Å²) in [5, 5.41) is 3.12. The summed E-state index contributed by atoms with van der Waals surface area (Å²) in [7, 11) is 0. The zero-order chi connectivity index (χ0) is 21.8. The van der Waals surface area contributed by atoms with E-state index in [-0.39, 0.29) is 23.8 Å². The lowest BCUT2D eigenvalue weighted by Gasteiger charge is -2.32. The topological polar surface area (TPSA) is 52.7 Å². The van der Waals surface area contributed by atoms with Gasteiger partial charge in [-0.1, -0.05) is 50.6 Å². The van der Waals surface area contributed by atoms with Gasteiger partial charge in [0.1, 0.15) is 0 Å². The molecule has 168 valence electrons. The Balaban J connectivity index is 1.75. The van der Waals surface area contributed by atoms with Crippen LogP contribution in [0.15, 0.2) is 30.3 Å². The number of rotatable bonds is 14. The summed E-state index contributed by atoms with van der Waals surface area (Å²) in [6, 6.07) is 10.4.